The minimum Gasteiger partial charge on any atom is -0.375 e. The van der Waals surface area contributed by atoms with E-state index in [0.717, 1.165) is 51.5 Å². The Balaban J connectivity index is 1.46. The Morgan fingerprint density at radius 3 is 2.65 bits per heavy atom. The quantitative estimate of drug-likeness (QED) is 0.573. The molecular formula is C25H31F3N2O. The molecule has 1 aliphatic heterocycles. The molecule has 168 valence electrons. The van der Waals surface area contributed by atoms with Crippen molar-refractivity contribution in [2.75, 3.05) is 13.2 Å². The molecule has 31 heavy (non-hydrogen) atoms. The lowest BCUT2D eigenvalue weighted by Gasteiger charge is -2.47. The van der Waals surface area contributed by atoms with E-state index in [4.69, 9.17) is 4.74 Å². The molecule has 1 aromatic heterocycles. The van der Waals surface area contributed by atoms with Crippen LogP contribution in [0.5, 0.6) is 0 Å². The first kappa shape index (κ1) is 22.3. The van der Waals surface area contributed by atoms with Gasteiger partial charge >= 0.3 is 6.18 Å². The molecule has 4 rings (SSSR count). The fourth-order valence-corrected chi connectivity index (χ4v) is 5.44. The van der Waals surface area contributed by atoms with Crippen molar-refractivity contribution in [1.29, 1.82) is 0 Å². The van der Waals surface area contributed by atoms with Crippen molar-refractivity contribution >= 4 is 0 Å². The van der Waals surface area contributed by atoms with E-state index in [9.17, 15) is 13.2 Å². The van der Waals surface area contributed by atoms with Crippen molar-refractivity contribution in [2.24, 2.45) is 0 Å². The third-order valence-corrected chi connectivity index (χ3v) is 7.03. The van der Waals surface area contributed by atoms with Gasteiger partial charge < -0.3 is 10.1 Å². The van der Waals surface area contributed by atoms with Gasteiger partial charge in [0, 0.05) is 31.0 Å². The normalized spacial score (nSPS) is 23.4. The van der Waals surface area contributed by atoms with Crippen LogP contribution in [-0.2, 0) is 22.9 Å². The Kier molecular flexibility index (Phi) is 6.40. The molecule has 1 saturated heterocycles. The monoisotopic (exact) mass is 432 g/mol. The third kappa shape index (κ3) is 5.12. The number of hydrogen-bond donors (Lipinski definition) is 1. The Bertz CT molecular complexity index is 892. The summed E-state index contributed by atoms with van der Waals surface area (Å²) in [6, 6.07) is 9.96. The van der Waals surface area contributed by atoms with E-state index in [2.05, 4.69) is 41.5 Å². The number of ether oxygens (including phenoxy) is 1. The summed E-state index contributed by atoms with van der Waals surface area (Å²) < 4.78 is 45.1. The van der Waals surface area contributed by atoms with Crippen LogP contribution in [0.25, 0.3) is 0 Å². The average Bonchev–Trinajstić information content (AvgIpc) is 3.18. The van der Waals surface area contributed by atoms with Crippen LogP contribution in [0.2, 0.25) is 0 Å². The molecule has 6 heteroatoms. The highest BCUT2D eigenvalue weighted by molar-refractivity contribution is 5.31. The van der Waals surface area contributed by atoms with Crippen molar-refractivity contribution in [3.05, 3.63) is 65.0 Å². The minimum absolute atomic E-state index is 0.00699. The fourth-order valence-electron chi connectivity index (χ4n) is 5.44. The van der Waals surface area contributed by atoms with Crippen LogP contribution in [0.1, 0.15) is 67.2 Å². The van der Waals surface area contributed by atoms with Gasteiger partial charge in [-0.15, -0.1) is 0 Å². The Morgan fingerprint density at radius 2 is 1.90 bits per heavy atom. The molecule has 1 aliphatic carbocycles. The minimum atomic E-state index is -4.37. The summed E-state index contributed by atoms with van der Waals surface area (Å²) in [6.45, 7) is 4.01. The largest absolute Gasteiger partial charge is 0.417 e. The lowest BCUT2D eigenvalue weighted by atomic mass is 9.66. The number of benzene rings is 1. The number of rotatable bonds is 6. The zero-order valence-corrected chi connectivity index (χ0v) is 18.1. The Morgan fingerprint density at radius 1 is 1.10 bits per heavy atom. The lowest BCUT2D eigenvalue weighted by molar-refractivity contribution is -0.137. The Labute approximate surface area is 182 Å². The van der Waals surface area contributed by atoms with Gasteiger partial charge in [-0.2, -0.15) is 13.2 Å². The lowest BCUT2D eigenvalue weighted by Crippen LogP contribution is -2.47. The smallest absolute Gasteiger partial charge is 0.375 e. The molecular weight excluding hydrogens is 401 g/mol. The van der Waals surface area contributed by atoms with Gasteiger partial charge in [-0.05, 0) is 62.8 Å². The van der Waals surface area contributed by atoms with E-state index in [1.807, 2.05) is 0 Å². The van der Waals surface area contributed by atoms with Gasteiger partial charge in [-0.3, -0.25) is 4.98 Å². The summed E-state index contributed by atoms with van der Waals surface area (Å²) >= 11 is 0. The van der Waals surface area contributed by atoms with Crippen molar-refractivity contribution in [3.8, 4) is 0 Å². The molecule has 2 heterocycles. The summed E-state index contributed by atoms with van der Waals surface area (Å²) in [5.41, 5.74) is 2.51. The second-order valence-corrected chi connectivity index (χ2v) is 9.32. The molecule has 2 aromatic rings. The maximum absolute atomic E-state index is 12.9. The van der Waals surface area contributed by atoms with Crippen LogP contribution in [-0.4, -0.2) is 23.7 Å². The van der Waals surface area contributed by atoms with Crippen molar-refractivity contribution in [3.63, 3.8) is 0 Å². The van der Waals surface area contributed by atoms with E-state index in [1.165, 1.54) is 36.2 Å². The van der Waals surface area contributed by atoms with Crippen LogP contribution in [0.15, 0.2) is 42.7 Å². The Hall–Kier alpha value is -1.92. The topological polar surface area (TPSA) is 34.2 Å². The molecule has 1 atom stereocenters. The molecule has 0 amide bonds. The summed E-state index contributed by atoms with van der Waals surface area (Å²) in [5, 5.41) is 3.37. The highest BCUT2D eigenvalue weighted by Gasteiger charge is 2.47. The first-order valence-electron chi connectivity index (χ1n) is 11.2. The SMILES string of the molecule is Cc1cccc([C@@]2(CCNCc3cncc(C(F)(F)F)c3)CCOC3(CCCC3)C2)c1. The number of alkyl halides is 3. The van der Waals surface area contributed by atoms with Crippen molar-refractivity contribution in [1.82, 2.24) is 10.3 Å². The predicted octanol–water partition coefficient (Wildman–Crippen LogP) is 5.95. The van der Waals surface area contributed by atoms with Gasteiger partial charge in [0.2, 0.25) is 0 Å². The molecule has 0 bridgehead atoms. The summed E-state index contributed by atoms with van der Waals surface area (Å²) in [5.74, 6) is 0. The van der Waals surface area contributed by atoms with Gasteiger partial charge in [-0.25, -0.2) is 0 Å². The number of nitrogens with one attached hydrogen (secondary N) is 1. The number of nitrogens with zero attached hydrogens (tertiary/aromatic N) is 1. The maximum atomic E-state index is 12.9. The maximum Gasteiger partial charge on any atom is 0.417 e. The third-order valence-electron chi connectivity index (χ3n) is 7.03. The molecule has 0 radical (unpaired) electrons. The van der Waals surface area contributed by atoms with Gasteiger partial charge in [-0.1, -0.05) is 42.7 Å². The second-order valence-electron chi connectivity index (χ2n) is 9.32. The molecule has 1 saturated carbocycles. The van der Waals surface area contributed by atoms with Gasteiger partial charge in [0.15, 0.2) is 0 Å². The van der Waals surface area contributed by atoms with Crippen LogP contribution in [0.3, 0.4) is 0 Å². The number of pyridine rings is 1. The number of aromatic nitrogens is 1. The molecule has 2 aliphatic rings. The van der Waals surface area contributed by atoms with E-state index >= 15 is 0 Å². The van der Waals surface area contributed by atoms with Gasteiger partial charge in [0.05, 0.1) is 11.2 Å². The first-order valence-corrected chi connectivity index (χ1v) is 11.2. The molecule has 1 aromatic carbocycles. The van der Waals surface area contributed by atoms with Gasteiger partial charge in [0.25, 0.3) is 0 Å². The zero-order valence-electron chi connectivity index (χ0n) is 18.1. The van der Waals surface area contributed by atoms with Crippen molar-refractivity contribution < 1.29 is 17.9 Å². The number of hydrogen-bond acceptors (Lipinski definition) is 3. The van der Waals surface area contributed by atoms with Gasteiger partial charge in [0.1, 0.15) is 0 Å². The number of halogens is 3. The molecule has 2 fully saturated rings. The fraction of sp³-hybridized carbons (Fsp3) is 0.560. The average molecular weight is 433 g/mol. The van der Waals surface area contributed by atoms with E-state index in [0.29, 0.717) is 12.1 Å². The van der Waals surface area contributed by atoms with E-state index in [-0.39, 0.29) is 11.0 Å². The molecule has 0 unspecified atom stereocenters. The van der Waals surface area contributed by atoms with Crippen LogP contribution in [0, 0.1) is 6.92 Å². The molecule has 1 spiro atoms. The van der Waals surface area contributed by atoms with Crippen molar-refractivity contribution in [2.45, 2.75) is 75.6 Å². The summed E-state index contributed by atoms with van der Waals surface area (Å²) in [6.07, 6.45) is 5.66. The summed E-state index contributed by atoms with van der Waals surface area (Å²) in [4.78, 5) is 3.76. The van der Waals surface area contributed by atoms with Crippen LogP contribution in [0.4, 0.5) is 13.2 Å². The van der Waals surface area contributed by atoms with E-state index in [1.54, 1.807) is 0 Å². The zero-order chi connectivity index (χ0) is 22.0. The van der Waals surface area contributed by atoms with E-state index < -0.39 is 11.7 Å². The van der Waals surface area contributed by atoms with Crippen LogP contribution >= 0.6 is 0 Å². The summed E-state index contributed by atoms with van der Waals surface area (Å²) in [7, 11) is 0. The molecule has 3 nitrogen and oxygen atoms in total. The molecule has 1 N–H and O–H groups in total. The second kappa shape index (κ2) is 8.91. The standard InChI is InChI=1S/C25H31F3N2O/c1-19-5-4-6-21(13-19)23(10-12-31-24(18-23)7-2-3-8-24)9-11-29-15-20-14-22(17-30-16-20)25(26,27)28/h4-6,13-14,16-17,29H,2-3,7-12,15,18H2,1H3/t23-/m0/s1. The highest BCUT2D eigenvalue weighted by Crippen LogP contribution is 2.50. The van der Waals surface area contributed by atoms with Crippen LogP contribution < -0.4 is 5.32 Å². The highest BCUT2D eigenvalue weighted by atomic mass is 19.4. The predicted molar refractivity (Wildman–Crippen MR) is 115 cm³/mol. The first-order chi connectivity index (χ1) is 14.8. The number of aryl methyl sites for hydroxylation is 1.